The number of nitrogens with zero attached hydrogens (tertiary/aromatic N) is 1. The molecule has 1 aromatic rings. The molecule has 0 unspecified atom stereocenters. The lowest BCUT2D eigenvalue weighted by Gasteiger charge is -2.14. The number of benzene rings is 1. The van der Waals surface area contributed by atoms with Crippen LogP contribution in [0.5, 0.6) is 0 Å². The molecule has 0 fully saturated rings. The zero-order chi connectivity index (χ0) is 13.1. The number of carbonyl (C=O) groups excluding carboxylic acids is 2. The number of nitrogens with one attached hydrogen (secondary N) is 1. The highest BCUT2D eigenvalue weighted by molar-refractivity contribution is 5.99. The van der Waals surface area contributed by atoms with E-state index in [0.29, 0.717) is 37.2 Å². The van der Waals surface area contributed by atoms with Crippen LogP contribution in [0.4, 0.5) is 5.69 Å². The van der Waals surface area contributed by atoms with E-state index in [2.05, 4.69) is 5.32 Å². The molecule has 18 heavy (non-hydrogen) atoms. The van der Waals surface area contributed by atoms with Gasteiger partial charge in [0.05, 0.1) is 0 Å². The van der Waals surface area contributed by atoms with Gasteiger partial charge in [0.25, 0.3) is 5.91 Å². The predicted molar refractivity (Wildman–Crippen MR) is 68.9 cm³/mol. The van der Waals surface area contributed by atoms with Crippen LogP contribution >= 0.6 is 0 Å². The van der Waals surface area contributed by atoms with Crippen LogP contribution in [-0.2, 0) is 11.3 Å². The summed E-state index contributed by atoms with van der Waals surface area (Å²) in [5.41, 5.74) is 7.98. The van der Waals surface area contributed by atoms with Crippen molar-refractivity contribution in [1.82, 2.24) is 10.2 Å². The lowest BCUT2D eigenvalue weighted by atomic mass is 10.1. The molecule has 3 N–H and O–H groups in total. The van der Waals surface area contributed by atoms with Crippen molar-refractivity contribution >= 4 is 17.5 Å². The third kappa shape index (κ3) is 2.45. The van der Waals surface area contributed by atoms with Crippen LogP contribution in [0.2, 0.25) is 0 Å². The Hall–Kier alpha value is -2.04. The summed E-state index contributed by atoms with van der Waals surface area (Å²) in [6.45, 7) is 1.21. The maximum Gasteiger partial charge on any atom is 0.254 e. The molecule has 0 saturated heterocycles. The van der Waals surface area contributed by atoms with Crippen LogP contribution in [0.15, 0.2) is 18.2 Å². The molecule has 0 atom stereocenters. The van der Waals surface area contributed by atoms with Crippen LogP contribution in [0, 0.1) is 0 Å². The maximum absolute atomic E-state index is 12.1. The first-order valence-corrected chi connectivity index (χ1v) is 6.00. The van der Waals surface area contributed by atoms with Crippen LogP contribution in [-0.4, -0.2) is 30.3 Å². The number of fused-ring (bicyclic) bond motifs is 1. The van der Waals surface area contributed by atoms with Gasteiger partial charge in [-0.05, 0) is 24.1 Å². The van der Waals surface area contributed by atoms with Crippen molar-refractivity contribution in [3.05, 3.63) is 29.3 Å². The predicted octanol–water partition coefficient (Wildman–Crippen LogP) is 0.751. The van der Waals surface area contributed by atoms with Gasteiger partial charge in [0, 0.05) is 37.8 Å². The summed E-state index contributed by atoms with van der Waals surface area (Å²) >= 11 is 0. The van der Waals surface area contributed by atoms with E-state index >= 15 is 0 Å². The van der Waals surface area contributed by atoms with Gasteiger partial charge in [0.2, 0.25) is 5.91 Å². The maximum atomic E-state index is 12.1. The quantitative estimate of drug-likeness (QED) is 0.771. The molecule has 1 aliphatic rings. The fraction of sp³-hybridized carbons (Fsp3) is 0.385. The number of amides is 2. The molecule has 5 nitrogen and oxygen atoms in total. The van der Waals surface area contributed by atoms with Crippen molar-refractivity contribution in [2.75, 3.05) is 19.3 Å². The topological polar surface area (TPSA) is 75.4 Å². The number of nitrogen functional groups attached to an aromatic ring is 1. The first-order chi connectivity index (χ1) is 8.61. The molecule has 0 aliphatic carbocycles. The van der Waals surface area contributed by atoms with E-state index in [1.54, 1.807) is 24.1 Å². The molecule has 96 valence electrons. The van der Waals surface area contributed by atoms with E-state index in [1.807, 2.05) is 6.07 Å². The Bertz CT molecular complexity index is 485. The molecule has 5 heteroatoms. The summed E-state index contributed by atoms with van der Waals surface area (Å²) in [7, 11) is 1.61. The number of hydrogen-bond donors (Lipinski definition) is 2. The summed E-state index contributed by atoms with van der Waals surface area (Å²) in [4.78, 5) is 24.9. The van der Waals surface area contributed by atoms with Crippen LogP contribution in [0.3, 0.4) is 0 Å². The van der Waals surface area contributed by atoms with Crippen molar-refractivity contribution < 1.29 is 9.59 Å². The van der Waals surface area contributed by atoms with Crippen molar-refractivity contribution in [3.63, 3.8) is 0 Å². The fourth-order valence-electron chi connectivity index (χ4n) is 2.11. The molecular weight excluding hydrogens is 230 g/mol. The van der Waals surface area contributed by atoms with E-state index in [-0.39, 0.29) is 11.8 Å². The zero-order valence-corrected chi connectivity index (χ0v) is 10.4. The highest BCUT2D eigenvalue weighted by Crippen LogP contribution is 2.24. The normalized spacial score (nSPS) is 13.6. The Morgan fingerprint density at radius 1 is 1.50 bits per heavy atom. The average molecular weight is 247 g/mol. The van der Waals surface area contributed by atoms with Crippen molar-refractivity contribution in [2.45, 2.75) is 19.4 Å². The number of anilines is 1. The fourth-order valence-corrected chi connectivity index (χ4v) is 2.11. The molecule has 0 spiro atoms. The Morgan fingerprint density at radius 2 is 2.28 bits per heavy atom. The summed E-state index contributed by atoms with van der Waals surface area (Å²) in [5, 5.41) is 2.57. The molecular formula is C13H17N3O2. The summed E-state index contributed by atoms with van der Waals surface area (Å²) < 4.78 is 0. The number of carbonyl (C=O) groups is 2. The van der Waals surface area contributed by atoms with E-state index in [0.717, 1.165) is 5.56 Å². The molecule has 1 aromatic carbocycles. The Morgan fingerprint density at radius 3 is 3.00 bits per heavy atom. The SMILES string of the molecule is CNC(=O)CCCN1Cc2ccc(N)cc2C1=O. The minimum atomic E-state index is 0.00315. The van der Waals surface area contributed by atoms with Gasteiger partial charge in [-0.3, -0.25) is 9.59 Å². The lowest BCUT2D eigenvalue weighted by Crippen LogP contribution is -2.26. The second-order valence-corrected chi connectivity index (χ2v) is 4.42. The highest BCUT2D eigenvalue weighted by atomic mass is 16.2. The Balaban J connectivity index is 1.95. The summed E-state index contributed by atoms with van der Waals surface area (Å²) in [6.07, 6.45) is 1.12. The van der Waals surface area contributed by atoms with E-state index in [1.165, 1.54) is 0 Å². The van der Waals surface area contributed by atoms with E-state index in [4.69, 9.17) is 5.73 Å². The second kappa shape index (κ2) is 5.08. The Labute approximate surface area is 106 Å². The molecule has 0 radical (unpaired) electrons. The van der Waals surface area contributed by atoms with Crippen molar-refractivity contribution in [2.24, 2.45) is 0 Å². The monoisotopic (exact) mass is 247 g/mol. The highest BCUT2D eigenvalue weighted by Gasteiger charge is 2.26. The molecule has 0 aromatic heterocycles. The van der Waals surface area contributed by atoms with Gasteiger partial charge in [-0.2, -0.15) is 0 Å². The molecule has 2 amide bonds. The van der Waals surface area contributed by atoms with Gasteiger partial charge in [-0.15, -0.1) is 0 Å². The molecule has 1 heterocycles. The first-order valence-electron chi connectivity index (χ1n) is 6.00. The van der Waals surface area contributed by atoms with Crippen molar-refractivity contribution in [1.29, 1.82) is 0 Å². The van der Waals surface area contributed by atoms with Gasteiger partial charge >= 0.3 is 0 Å². The van der Waals surface area contributed by atoms with Gasteiger partial charge < -0.3 is 16.0 Å². The van der Waals surface area contributed by atoms with E-state index < -0.39 is 0 Å². The minimum absolute atomic E-state index is 0.00315. The van der Waals surface area contributed by atoms with Crippen LogP contribution < -0.4 is 11.1 Å². The minimum Gasteiger partial charge on any atom is -0.399 e. The number of nitrogens with two attached hydrogens (primary N) is 1. The van der Waals surface area contributed by atoms with Crippen molar-refractivity contribution in [3.8, 4) is 0 Å². The van der Waals surface area contributed by atoms with Gasteiger partial charge in [-0.1, -0.05) is 6.07 Å². The molecule has 0 saturated carbocycles. The smallest absolute Gasteiger partial charge is 0.254 e. The third-order valence-corrected chi connectivity index (χ3v) is 3.12. The standard InChI is InChI=1S/C13H17N3O2/c1-15-12(17)3-2-6-16-8-9-4-5-10(14)7-11(9)13(16)18/h4-5,7H,2-3,6,8,14H2,1H3,(H,15,17). The number of rotatable bonds is 4. The largest absolute Gasteiger partial charge is 0.399 e. The summed E-state index contributed by atoms with van der Waals surface area (Å²) in [6, 6.07) is 5.41. The average Bonchev–Trinajstić information content (AvgIpc) is 2.66. The molecule has 2 rings (SSSR count). The molecule has 1 aliphatic heterocycles. The number of hydrogen-bond acceptors (Lipinski definition) is 3. The first kappa shape index (κ1) is 12.4. The second-order valence-electron chi connectivity index (χ2n) is 4.42. The van der Waals surface area contributed by atoms with Gasteiger partial charge in [0.15, 0.2) is 0 Å². The van der Waals surface area contributed by atoms with Gasteiger partial charge in [-0.25, -0.2) is 0 Å². The van der Waals surface area contributed by atoms with Crippen LogP contribution in [0.1, 0.15) is 28.8 Å². The van der Waals surface area contributed by atoms with E-state index in [9.17, 15) is 9.59 Å². The lowest BCUT2D eigenvalue weighted by molar-refractivity contribution is -0.120. The van der Waals surface area contributed by atoms with Gasteiger partial charge in [0.1, 0.15) is 0 Å². The molecule has 0 bridgehead atoms. The summed E-state index contributed by atoms with van der Waals surface area (Å²) in [5.74, 6) is 0.0117. The van der Waals surface area contributed by atoms with Crippen LogP contribution in [0.25, 0.3) is 0 Å². The zero-order valence-electron chi connectivity index (χ0n) is 10.4. The Kier molecular flexibility index (Phi) is 3.50. The third-order valence-electron chi connectivity index (χ3n) is 3.12.